The molecule has 14 heterocycles. The monoisotopic (exact) mass is 1670 g/mol. The molecule has 0 spiro atoms. The number of methoxy groups -OCH3 is 7. The van der Waals surface area contributed by atoms with Gasteiger partial charge in [0, 0.05) is 164 Å². The van der Waals surface area contributed by atoms with Crippen LogP contribution in [0.5, 0.6) is 11.5 Å². The number of hydrogen-bond donors (Lipinski definition) is 6. The number of aliphatic hydroxyl groups excluding tert-OH is 1. The van der Waals surface area contributed by atoms with E-state index in [1.807, 2.05) is 71.6 Å². The molecular formula is C78H94Cl4N20O14. The first-order chi connectivity index (χ1) is 55.8. The van der Waals surface area contributed by atoms with Crippen LogP contribution in [0.3, 0.4) is 0 Å². The number of nitrogens with one attached hydrogen (secondary N) is 3. The van der Waals surface area contributed by atoms with Crippen LogP contribution in [0.25, 0.3) is 0 Å². The lowest BCUT2D eigenvalue weighted by Crippen LogP contribution is -2.52. The average molecular weight is 1680 g/mol. The van der Waals surface area contributed by atoms with Crippen LogP contribution in [0.2, 0.25) is 20.4 Å². The molecule has 0 saturated carbocycles. The summed E-state index contributed by atoms with van der Waals surface area (Å²) < 4.78 is 36.5. The maximum atomic E-state index is 12.9. The largest absolute Gasteiger partial charge is 0.493 e. The van der Waals surface area contributed by atoms with E-state index in [0.717, 1.165) is 100.0 Å². The zero-order chi connectivity index (χ0) is 83.7. The van der Waals surface area contributed by atoms with Crippen LogP contribution in [-0.2, 0) is 43.2 Å². The zero-order valence-electron chi connectivity index (χ0n) is 65.7. The highest BCUT2D eigenvalue weighted by Crippen LogP contribution is 2.40. The van der Waals surface area contributed by atoms with Crippen molar-refractivity contribution in [2.45, 2.75) is 57.0 Å². The van der Waals surface area contributed by atoms with Gasteiger partial charge in [0.2, 0.25) is 11.0 Å². The Kier molecular flexibility index (Phi) is 33.1. The summed E-state index contributed by atoms with van der Waals surface area (Å²) >= 11 is 23.9. The van der Waals surface area contributed by atoms with Crippen LogP contribution in [0.15, 0.2) is 140 Å². The summed E-state index contributed by atoms with van der Waals surface area (Å²) in [6.45, 7) is 11.7. The number of carbonyl (C=O) groups is 2. The van der Waals surface area contributed by atoms with Crippen LogP contribution >= 0.6 is 46.4 Å². The molecule has 0 atom stereocenters. The molecule has 16 rings (SSSR count). The van der Waals surface area contributed by atoms with E-state index in [9.17, 15) is 29.8 Å². The Morgan fingerprint density at radius 2 is 0.836 bits per heavy atom. The highest BCUT2D eigenvalue weighted by molar-refractivity contribution is 6.33. The summed E-state index contributed by atoms with van der Waals surface area (Å²) in [5.74, 6) is 5.10. The first kappa shape index (κ1) is 89.0. The van der Waals surface area contributed by atoms with Crippen molar-refractivity contribution in [3.63, 3.8) is 0 Å². The molecule has 7 aliphatic rings. The van der Waals surface area contributed by atoms with E-state index in [1.54, 1.807) is 122 Å². The van der Waals surface area contributed by atoms with Gasteiger partial charge in [0.25, 0.3) is 11.8 Å². The molecule has 9 aromatic rings. The van der Waals surface area contributed by atoms with Gasteiger partial charge in [-0.3, -0.25) is 14.6 Å². The summed E-state index contributed by atoms with van der Waals surface area (Å²) in [6, 6.07) is 40.7. The summed E-state index contributed by atoms with van der Waals surface area (Å²) in [5, 5.41) is 39.2. The van der Waals surface area contributed by atoms with Gasteiger partial charge in [0.1, 0.15) is 34.2 Å². The number of pyridine rings is 7. The van der Waals surface area contributed by atoms with Gasteiger partial charge in [0.05, 0.1) is 113 Å². The number of rotatable bonds is 19. The van der Waals surface area contributed by atoms with Crippen molar-refractivity contribution in [3.05, 3.63) is 214 Å². The summed E-state index contributed by atoms with van der Waals surface area (Å²) in [4.78, 5) is 86.0. The zero-order valence-corrected chi connectivity index (χ0v) is 68.7. The van der Waals surface area contributed by atoms with Crippen LogP contribution in [0.1, 0.15) is 50.4 Å². The quantitative estimate of drug-likeness (QED) is 0.0249. The molecule has 5 fully saturated rings. The number of amides is 2. The molecule has 116 heavy (non-hydrogen) atoms. The Balaban J connectivity index is 0.000000163. The number of fused-ring (bicyclic) bond motifs is 2. The predicted octanol–water partition coefficient (Wildman–Crippen LogP) is 10.7. The van der Waals surface area contributed by atoms with Gasteiger partial charge in [-0.05, 0) is 123 Å². The molecule has 0 aliphatic carbocycles. The predicted molar refractivity (Wildman–Crippen MR) is 447 cm³/mol. The van der Waals surface area contributed by atoms with Gasteiger partial charge in [-0.15, -0.1) is 0 Å². The second-order valence-electron chi connectivity index (χ2n) is 26.6. The Labute approximate surface area is 691 Å². The van der Waals surface area contributed by atoms with Crippen molar-refractivity contribution in [2.24, 2.45) is 0 Å². The second-order valence-corrected chi connectivity index (χ2v) is 28.2. The number of nitrogens with zero attached hydrogens (tertiary/aromatic N) is 15. The standard InChI is InChI=1S/C25H26ClN5O3.C15H13Cl2N3O2.C9H11N3O3.2C9H13N3O.C5H3ClN2O2.C4H9NO.C2H6O/c1-30-14-21-23(25(30)32)20(29-19-8-5-7-18(26)24(19)34-3)11-16(27-21)10-15-6-4-9-22(28-15)31-12-17(13-31)33-2;1-20-7-11-13(15(20)21)10(6-12(17)19-11)18-9-5-3-4-8(16)14(9)22-2;1-15-7-5-11(6-7)8-3-2-4-9(10-8)12(13)14;2*1-13-7-5-12(6-7)9-4-2-3-8(10)11-9;6-4-2-1-3-5(7-4)8(9)10;1-6-4-2-5-3-4;1-2-3/h4-9,11,17H,10,12-14H2,1-3H3,(H,27,29);3-6H,7H2,1-2H3,(H,18,19);2-4,7H,5-6H2,1H3;2*2-4,7H,5-6H2,1H3,(H2,10,11);1-3H;4-5H,2-3H2,1H3;3H,2H2,1H3. The van der Waals surface area contributed by atoms with Crippen molar-refractivity contribution >= 4 is 128 Å². The Hall–Kier alpha value is -10.9. The number of carbonyl (C=O) groups excluding carboxylic acids is 2. The SMILES string of the molecule is CCO.COC1CN(c2cccc(N)n2)C1.COC1CN(c2cccc(N)n2)C1.COC1CN(c2cccc([N+](=O)[O-])n2)C1.COC1CNC1.COc1c(Cl)cccc1Nc1cc(Cc2cccc(N3CC(OC)C3)n2)nc2c1C(=O)N(C)C2.COc1c(Cl)cccc1Nc1cc(Cl)nc2c1C(=O)N(C)C2.O=[N+]([O-])c1cccc(Cl)n1. The minimum atomic E-state index is -0.591. The molecule has 2 aromatic carbocycles. The Bertz CT molecular complexity index is 4730. The fourth-order valence-corrected chi connectivity index (χ4v) is 12.9. The third kappa shape index (κ3) is 24.1. The first-order valence-electron chi connectivity index (χ1n) is 36.5. The smallest absolute Gasteiger partial charge is 0.365 e. The van der Waals surface area contributed by atoms with E-state index in [0.29, 0.717) is 122 Å². The third-order valence-electron chi connectivity index (χ3n) is 18.5. The molecule has 2 amide bonds. The summed E-state index contributed by atoms with van der Waals surface area (Å²) in [6.07, 6.45) is 2.22. The normalized spacial score (nSPS) is 15.1. The molecule has 7 aromatic heterocycles. The molecule has 7 aliphatic heterocycles. The maximum Gasteiger partial charge on any atom is 0.365 e. The second kappa shape index (κ2) is 43.2. The van der Waals surface area contributed by atoms with Gasteiger partial charge in [0.15, 0.2) is 11.5 Å². The van der Waals surface area contributed by atoms with Crippen molar-refractivity contribution < 1.29 is 57.7 Å². The number of benzene rings is 2. The Morgan fingerprint density at radius 3 is 1.21 bits per heavy atom. The fourth-order valence-electron chi connectivity index (χ4n) is 12.0. The number of para-hydroxylation sites is 2. The van der Waals surface area contributed by atoms with Crippen molar-refractivity contribution in [2.75, 3.05) is 178 Å². The van der Waals surface area contributed by atoms with Crippen molar-refractivity contribution in [1.29, 1.82) is 0 Å². The van der Waals surface area contributed by atoms with Gasteiger partial charge >= 0.3 is 11.6 Å². The number of nitro groups is 2. The molecule has 618 valence electrons. The van der Waals surface area contributed by atoms with Gasteiger partial charge < -0.3 is 115 Å². The number of ether oxygens (including phenoxy) is 7. The number of hydrogen-bond acceptors (Lipinski definition) is 30. The highest BCUT2D eigenvalue weighted by Gasteiger charge is 2.35. The minimum Gasteiger partial charge on any atom is -0.493 e. The molecule has 8 N–H and O–H groups in total. The average Bonchev–Trinajstić information content (AvgIpc) is 1.63. The van der Waals surface area contributed by atoms with Crippen LogP contribution in [0.4, 0.5) is 69.3 Å². The first-order valence-corrected chi connectivity index (χ1v) is 38.0. The number of aromatic nitrogens is 7. The minimum absolute atomic E-state index is 0.0665. The lowest BCUT2D eigenvalue weighted by Gasteiger charge is -2.39. The van der Waals surface area contributed by atoms with E-state index >= 15 is 0 Å². The molecule has 34 nitrogen and oxygen atoms in total. The lowest BCUT2D eigenvalue weighted by atomic mass is 10.1. The number of aliphatic hydroxyl groups is 1. The number of nitrogen functional groups attached to an aromatic ring is 2. The summed E-state index contributed by atoms with van der Waals surface area (Å²) in [7, 11) is 15.2. The molecule has 38 heteroatoms. The molecule has 0 radical (unpaired) electrons. The van der Waals surface area contributed by atoms with Gasteiger partial charge in [-0.25, -0.2) is 19.9 Å². The van der Waals surface area contributed by atoms with Crippen molar-refractivity contribution in [3.8, 4) is 11.5 Å². The number of halogens is 4. The van der Waals surface area contributed by atoms with Gasteiger partial charge in [-0.1, -0.05) is 65.1 Å². The third-order valence-corrected chi connectivity index (χ3v) is 19.5. The number of anilines is 10. The fraction of sp³-hybridized carbons (Fsp3) is 0.372. The lowest BCUT2D eigenvalue weighted by molar-refractivity contribution is -0.389. The van der Waals surface area contributed by atoms with Crippen LogP contribution in [0, 0.1) is 20.2 Å². The molecule has 0 unspecified atom stereocenters. The van der Waals surface area contributed by atoms with Crippen molar-refractivity contribution in [1.82, 2.24) is 50.0 Å². The van der Waals surface area contributed by atoms with Gasteiger partial charge in [-0.2, -0.15) is 0 Å². The van der Waals surface area contributed by atoms with E-state index in [1.165, 1.54) is 31.4 Å². The molecule has 0 bridgehead atoms. The van der Waals surface area contributed by atoms with Crippen LogP contribution < -0.4 is 56.5 Å². The van der Waals surface area contributed by atoms with E-state index in [-0.39, 0.29) is 47.4 Å². The topological polar surface area (TPSA) is 403 Å². The molecule has 5 saturated heterocycles. The van der Waals surface area contributed by atoms with Crippen LogP contribution in [-0.4, -0.2) is 238 Å². The highest BCUT2D eigenvalue weighted by atomic mass is 35.5. The van der Waals surface area contributed by atoms with E-state index in [4.69, 9.17) is 106 Å². The maximum absolute atomic E-state index is 12.9. The number of nitrogens with two attached hydrogens (primary N) is 2. The summed E-state index contributed by atoms with van der Waals surface area (Å²) in [5.41, 5.74) is 18.0. The Morgan fingerprint density at radius 1 is 0.466 bits per heavy atom. The van der Waals surface area contributed by atoms with E-state index < -0.39 is 9.85 Å². The van der Waals surface area contributed by atoms with E-state index in [2.05, 4.69) is 55.6 Å². The molecular weight excluding hydrogens is 1580 g/mol.